The van der Waals surface area contributed by atoms with Gasteiger partial charge in [0, 0.05) is 9.26 Å². The van der Waals surface area contributed by atoms with Gasteiger partial charge < -0.3 is 5.32 Å². The lowest BCUT2D eigenvalue weighted by Crippen LogP contribution is -2.33. The van der Waals surface area contributed by atoms with Gasteiger partial charge >= 0.3 is 0 Å². The molecule has 0 atom stereocenters. The molecule has 1 heterocycles. The van der Waals surface area contributed by atoms with Gasteiger partial charge in [-0.05, 0) is 71.0 Å². The summed E-state index contributed by atoms with van der Waals surface area (Å²) >= 11 is 8.97. The maximum atomic E-state index is 12.6. The van der Waals surface area contributed by atoms with Crippen LogP contribution in [0.2, 0.25) is 0 Å². The number of amides is 1. The molecule has 3 nitrogen and oxygen atoms in total. The van der Waals surface area contributed by atoms with Crippen molar-refractivity contribution in [3.63, 3.8) is 0 Å². The molecule has 1 fully saturated rings. The number of hydrogen-bond acceptors (Lipinski definition) is 4. The van der Waals surface area contributed by atoms with Crippen molar-refractivity contribution in [2.24, 2.45) is 0 Å². The molecule has 1 aliphatic rings. The highest BCUT2D eigenvalue weighted by atomic mass is 127. The first kappa shape index (κ1) is 17.4. The van der Waals surface area contributed by atoms with Crippen molar-refractivity contribution in [3.05, 3.63) is 68.1 Å². The van der Waals surface area contributed by atoms with Crippen molar-refractivity contribution < 1.29 is 4.79 Å². The fourth-order valence-electron chi connectivity index (χ4n) is 2.27. The van der Waals surface area contributed by atoms with Gasteiger partial charge in [-0.3, -0.25) is 9.69 Å². The van der Waals surface area contributed by atoms with Crippen LogP contribution in [0.1, 0.15) is 11.1 Å². The Morgan fingerprint density at radius 1 is 1.25 bits per heavy atom. The van der Waals surface area contributed by atoms with Gasteiger partial charge in [0.15, 0.2) is 0 Å². The highest BCUT2D eigenvalue weighted by Crippen LogP contribution is 2.32. The molecule has 0 unspecified atom stereocenters. The van der Waals surface area contributed by atoms with E-state index in [9.17, 15) is 4.79 Å². The van der Waals surface area contributed by atoms with Gasteiger partial charge in [0.2, 0.25) is 0 Å². The fraction of sp³-hybridized carbons (Fsp3) is 0.111. The normalized spacial score (nSPS) is 16.1. The zero-order valence-corrected chi connectivity index (χ0v) is 16.7. The van der Waals surface area contributed by atoms with E-state index in [1.807, 2.05) is 61.5 Å². The number of aryl methyl sites for hydroxylation is 1. The Morgan fingerprint density at radius 3 is 2.71 bits per heavy atom. The van der Waals surface area contributed by atoms with Crippen molar-refractivity contribution in [3.8, 4) is 0 Å². The maximum absolute atomic E-state index is 12.6. The molecule has 2 aromatic carbocycles. The lowest BCUT2D eigenvalue weighted by molar-refractivity contribution is -0.121. The number of thiocarbonyl (C=S) groups is 1. The first-order valence-electron chi connectivity index (χ1n) is 7.34. The molecular formula is C18H15IN2OS2. The van der Waals surface area contributed by atoms with E-state index in [2.05, 4.69) is 27.9 Å². The van der Waals surface area contributed by atoms with E-state index >= 15 is 0 Å². The van der Waals surface area contributed by atoms with Crippen molar-refractivity contribution in [2.45, 2.75) is 6.92 Å². The van der Waals surface area contributed by atoms with Crippen LogP contribution in [0.25, 0.3) is 6.08 Å². The van der Waals surface area contributed by atoms with Crippen LogP contribution < -0.4 is 5.32 Å². The summed E-state index contributed by atoms with van der Waals surface area (Å²) in [6.07, 6.45) is 1.89. The van der Waals surface area contributed by atoms with Crippen LogP contribution in [0, 0.1) is 10.5 Å². The molecule has 1 N–H and O–H groups in total. The highest BCUT2D eigenvalue weighted by molar-refractivity contribution is 14.1. The maximum Gasteiger partial charge on any atom is 0.267 e. The van der Waals surface area contributed by atoms with Gasteiger partial charge in [-0.15, -0.1) is 0 Å². The van der Waals surface area contributed by atoms with Crippen LogP contribution in [0.5, 0.6) is 0 Å². The van der Waals surface area contributed by atoms with Crippen LogP contribution in [-0.4, -0.2) is 21.8 Å². The van der Waals surface area contributed by atoms with Gasteiger partial charge in [-0.2, -0.15) is 0 Å². The number of nitrogens with one attached hydrogen (secondary N) is 1. The molecule has 0 aromatic heterocycles. The van der Waals surface area contributed by atoms with Crippen LogP contribution in [0.15, 0.2) is 53.4 Å². The molecule has 1 amide bonds. The standard InChI is InChI=1S/C18H15IN2OS2/c1-12-3-2-4-15(9-12)20-11-21-17(22)16(24-18(21)23)10-13-5-7-14(19)8-6-13/h2-10,20H,11H2,1H3. The van der Waals surface area contributed by atoms with Gasteiger partial charge in [0.25, 0.3) is 5.91 Å². The van der Waals surface area contributed by atoms with E-state index in [1.54, 1.807) is 4.90 Å². The van der Waals surface area contributed by atoms with Crippen LogP contribution in [0.3, 0.4) is 0 Å². The number of anilines is 1. The predicted octanol–water partition coefficient (Wildman–Crippen LogP) is 4.87. The molecule has 2 aromatic rings. The number of hydrogen-bond donors (Lipinski definition) is 1. The third kappa shape index (κ3) is 4.17. The van der Waals surface area contributed by atoms with Crippen molar-refractivity contribution in [2.75, 3.05) is 12.0 Å². The summed E-state index contributed by atoms with van der Waals surface area (Å²) in [6, 6.07) is 16.1. The second-order valence-corrected chi connectivity index (χ2v) is 8.29. The third-order valence-corrected chi connectivity index (χ3v) is 5.60. The minimum absolute atomic E-state index is 0.0521. The van der Waals surface area contributed by atoms with E-state index in [1.165, 1.54) is 20.9 Å². The lowest BCUT2D eigenvalue weighted by atomic mass is 10.2. The Hall–Kier alpha value is -1.38. The zero-order chi connectivity index (χ0) is 17.1. The summed E-state index contributed by atoms with van der Waals surface area (Å²) in [5.41, 5.74) is 3.15. The van der Waals surface area contributed by atoms with Crippen LogP contribution in [-0.2, 0) is 4.79 Å². The van der Waals surface area contributed by atoms with E-state index in [4.69, 9.17) is 12.2 Å². The Labute approximate surface area is 164 Å². The molecule has 122 valence electrons. The van der Waals surface area contributed by atoms with Crippen molar-refractivity contribution in [1.82, 2.24) is 4.90 Å². The molecule has 0 radical (unpaired) electrons. The number of carbonyl (C=O) groups excluding carboxylic acids is 1. The van der Waals surface area contributed by atoms with Gasteiger partial charge in [-0.1, -0.05) is 48.2 Å². The second-order valence-electron chi connectivity index (χ2n) is 5.37. The molecule has 6 heteroatoms. The molecule has 0 bridgehead atoms. The van der Waals surface area contributed by atoms with E-state index in [-0.39, 0.29) is 5.91 Å². The fourth-order valence-corrected chi connectivity index (χ4v) is 3.89. The molecule has 1 saturated heterocycles. The summed E-state index contributed by atoms with van der Waals surface area (Å²) in [4.78, 5) is 14.8. The third-order valence-electron chi connectivity index (χ3n) is 3.50. The highest BCUT2D eigenvalue weighted by Gasteiger charge is 2.31. The second kappa shape index (κ2) is 7.67. The number of carbonyl (C=O) groups is 1. The average molecular weight is 466 g/mol. The molecule has 3 rings (SSSR count). The van der Waals surface area contributed by atoms with Crippen molar-refractivity contribution >= 4 is 68.6 Å². The van der Waals surface area contributed by atoms with E-state index < -0.39 is 0 Å². The summed E-state index contributed by atoms with van der Waals surface area (Å²) in [6.45, 7) is 2.41. The number of nitrogens with zero attached hydrogens (tertiary/aromatic N) is 1. The Bertz CT molecular complexity index is 818. The van der Waals surface area contributed by atoms with Gasteiger partial charge in [-0.25, -0.2) is 0 Å². The van der Waals surface area contributed by atoms with E-state index in [0.29, 0.717) is 15.9 Å². The van der Waals surface area contributed by atoms with Crippen LogP contribution in [0.4, 0.5) is 5.69 Å². The Morgan fingerprint density at radius 2 is 2.00 bits per heavy atom. The smallest absolute Gasteiger partial charge is 0.267 e. The molecule has 24 heavy (non-hydrogen) atoms. The Kier molecular flexibility index (Phi) is 5.57. The topological polar surface area (TPSA) is 32.3 Å². The summed E-state index contributed by atoms with van der Waals surface area (Å²) in [5.74, 6) is -0.0521. The Balaban J connectivity index is 1.71. The molecule has 0 aliphatic carbocycles. The lowest BCUT2D eigenvalue weighted by Gasteiger charge is -2.16. The van der Waals surface area contributed by atoms with Gasteiger partial charge in [0.05, 0.1) is 11.6 Å². The minimum Gasteiger partial charge on any atom is -0.367 e. The zero-order valence-electron chi connectivity index (χ0n) is 13.0. The first-order chi connectivity index (χ1) is 11.5. The molecule has 0 saturated carbocycles. The monoisotopic (exact) mass is 466 g/mol. The molecule has 0 spiro atoms. The number of benzene rings is 2. The average Bonchev–Trinajstić information content (AvgIpc) is 2.82. The quantitative estimate of drug-likeness (QED) is 0.396. The predicted molar refractivity (Wildman–Crippen MR) is 114 cm³/mol. The SMILES string of the molecule is Cc1cccc(NCN2C(=O)C(=Cc3ccc(I)cc3)SC2=S)c1. The van der Waals surface area contributed by atoms with Gasteiger partial charge in [0.1, 0.15) is 4.32 Å². The summed E-state index contributed by atoms with van der Waals surface area (Å²) < 4.78 is 1.75. The number of thioether (sulfide) groups is 1. The van der Waals surface area contributed by atoms with Crippen molar-refractivity contribution in [1.29, 1.82) is 0 Å². The first-order valence-corrected chi connectivity index (χ1v) is 9.65. The number of halogens is 1. The van der Waals surface area contributed by atoms with E-state index in [0.717, 1.165) is 11.3 Å². The van der Waals surface area contributed by atoms with Crippen LogP contribution >= 0.6 is 46.6 Å². The summed E-state index contributed by atoms with van der Waals surface area (Å²) in [7, 11) is 0. The minimum atomic E-state index is -0.0521. The molecular weight excluding hydrogens is 451 g/mol. The number of rotatable bonds is 4. The summed E-state index contributed by atoms with van der Waals surface area (Å²) in [5, 5.41) is 3.26. The largest absolute Gasteiger partial charge is 0.367 e. The molecule has 1 aliphatic heterocycles.